The second-order valence-corrected chi connectivity index (χ2v) is 6.00. The Morgan fingerprint density at radius 1 is 1.36 bits per heavy atom. The molecule has 122 valence electrons. The van der Waals surface area contributed by atoms with E-state index in [1.165, 1.54) is 0 Å². The van der Waals surface area contributed by atoms with Crippen LogP contribution in [0.3, 0.4) is 0 Å². The number of morpholine rings is 1. The average molecular weight is 336 g/mol. The third kappa shape index (κ3) is 3.27. The molecule has 0 aliphatic carbocycles. The van der Waals surface area contributed by atoms with Crippen molar-refractivity contribution in [1.82, 2.24) is 15.2 Å². The van der Waals surface area contributed by atoms with Gasteiger partial charge in [0.1, 0.15) is 0 Å². The molecule has 0 spiro atoms. The molecule has 10 heteroatoms. The van der Waals surface area contributed by atoms with Crippen molar-refractivity contribution in [1.29, 1.82) is 0 Å². The number of amides is 2. The summed E-state index contributed by atoms with van der Waals surface area (Å²) in [7, 11) is 0. The molecule has 0 radical (unpaired) electrons. The van der Waals surface area contributed by atoms with Gasteiger partial charge in [0.2, 0.25) is 0 Å². The molecule has 2 saturated heterocycles. The monoisotopic (exact) mass is 336 g/mol. The Labute approximate surface area is 128 Å². The Hall–Kier alpha value is -1.55. The topological polar surface area (TPSA) is 57.7 Å². The number of hydrogen-bond acceptors (Lipinski definition) is 5. The van der Waals surface area contributed by atoms with Crippen molar-refractivity contribution in [3.63, 3.8) is 0 Å². The van der Waals surface area contributed by atoms with E-state index in [0.29, 0.717) is 44.5 Å². The van der Waals surface area contributed by atoms with Crippen LogP contribution < -0.4 is 10.2 Å². The van der Waals surface area contributed by atoms with Gasteiger partial charge in [-0.15, -0.1) is 11.3 Å². The minimum absolute atomic E-state index is 0.0615. The summed E-state index contributed by atoms with van der Waals surface area (Å²) >= 11 is 0.965. The summed E-state index contributed by atoms with van der Waals surface area (Å²) in [6.45, 7) is 3.13. The number of halogens is 3. The van der Waals surface area contributed by atoms with Crippen LogP contribution in [-0.4, -0.2) is 61.3 Å². The van der Waals surface area contributed by atoms with Crippen LogP contribution in [0.25, 0.3) is 0 Å². The summed E-state index contributed by atoms with van der Waals surface area (Å²) in [5.41, 5.74) is -0.867. The number of rotatable bonds is 2. The molecule has 0 aromatic carbocycles. The highest BCUT2D eigenvalue weighted by molar-refractivity contribution is 7.13. The first kappa shape index (κ1) is 15.3. The van der Waals surface area contributed by atoms with E-state index in [2.05, 4.69) is 10.3 Å². The number of carbonyl (C=O) groups excluding carboxylic acids is 1. The molecule has 0 bridgehead atoms. The first-order valence-corrected chi connectivity index (χ1v) is 7.72. The maximum absolute atomic E-state index is 12.5. The van der Waals surface area contributed by atoms with Crippen molar-refractivity contribution < 1.29 is 22.7 Å². The molecule has 3 rings (SSSR count). The van der Waals surface area contributed by atoms with Gasteiger partial charge < -0.3 is 19.9 Å². The summed E-state index contributed by atoms with van der Waals surface area (Å²) in [4.78, 5) is 19.0. The van der Waals surface area contributed by atoms with Gasteiger partial charge in [0.15, 0.2) is 10.8 Å². The summed E-state index contributed by atoms with van der Waals surface area (Å²) in [6, 6.07) is -0.211. The van der Waals surface area contributed by atoms with Gasteiger partial charge in [-0.2, -0.15) is 13.2 Å². The molecule has 1 N–H and O–H groups in total. The quantitative estimate of drug-likeness (QED) is 0.887. The van der Waals surface area contributed by atoms with Crippen LogP contribution in [0, 0.1) is 0 Å². The minimum Gasteiger partial charge on any atom is -0.378 e. The van der Waals surface area contributed by atoms with Crippen molar-refractivity contribution in [2.45, 2.75) is 12.2 Å². The lowest BCUT2D eigenvalue weighted by molar-refractivity contribution is -0.140. The lowest BCUT2D eigenvalue weighted by Gasteiger charge is -2.40. The van der Waals surface area contributed by atoms with Gasteiger partial charge in [0.25, 0.3) is 0 Å². The highest BCUT2D eigenvalue weighted by Crippen LogP contribution is 2.34. The van der Waals surface area contributed by atoms with Crippen LogP contribution in [0.15, 0.2) is 5.38 Å². The second kappa shape index (κ2) is 5.92. The van der Waals surface area contributed by atoms with Crippen LogP contribution in [0.4, 0.5) is 23.1 Å². The van der Waals surface area contributed by atoms with Gasteiger partial charge in [-0.25, -0.2) is 9.78 Å². The molecular weight excluding hydrogens is 321 g/mol. The third-order valence-electron chi connectivity index (χ3n) is 3.56. The van der Waals surface area contributed by atoms with Crippen LogP contribution in [0.5, 0.6) is 0 Å². The third-order valence-corrected chi connectivity index (χ3v) is 4.46. The molecule has 6 nitrogen and oxygen atoms in total. The summed E-state index contributed by atoms with van der Waals surface area (Å²) in [5, 5.41) is 4.21. The van der Waals surface area contributed by atoms with E-state index in [1.54, 1.807) is 9.80 Å². The van der Waals surface area contributed by atoms with Crippen LogP contribution in [0.2, 0.25) is 0 Å². The number of alkyl halides is 3. The lowest BCUT2D eigenvalue weighted by Crippen LogP contribution is -2.62. The van der Waals surface area contributed by atoms with Crippen molar-refractivity contribution >= 4 is 22.5 Å². The minimum atomic E-state index is -4.41. The van der Waals surface area contributed by atoms with E-state index in [1.807, 2.05) is 0 Å². The lowest BCUT2D eigenvalue weighted by atomic mass is 10.1. The fourth-order valence-electron chi connectivity index (χ4n) is 2.30. The summed E-state index contributed by atoms with van der Waals surface area (Å²) < 4.78 is 42.7. The average Bonchev–Trinajstić information content (AvgIpc) is 2.92. The van der Waals surface area contributed by atoms with Gasteiger partial charge in [0.05, 0.1) is 19.3 Å². The highest BCUT2D eigenvalue weighted by Gasteiger charge is 2.36. The summed E-state index contributed by atoms with van der Waals surface area (Å²) in [6.07, 6.45) is -4.41. The number of carbonyl (C=O) groups is 1. The molecule has 2 aliphatic rings. The zero-order chi connectivity index (χ0) is 15.7. The van der Waals surface area contributed by atoms with Gasteiger partial charge in [-0.3, -0.25) is 0 Å². The van der Waals surface area contributed by atoms with Crippen LogP contribution in [0.1, 0.15) is 5.69 Å². The number of urea groups is 1. The fourth-order valence-corrected chi connectivity index (χ4v) is 3.15. The summed E-state index contributed by atoms with van der Waals surface area (Å²) in [5.74, 6) is 0. The predicted octanol–water partition coefficient (Wildman–Crippen LogP) is 1.39. The number of nitrogens with one attached hydrogen (secondary N) is 1. The Kier molecular flexibility index (Phi) is 4.13. The largest absolute Gasteiger partial charge is 0.434 e. The molecule has 1 aromatic rings. The predicted molar refractivity (Wildman–Crippen MR) is 74.0 cm³/mol. The Balaban J connectivity index is 1.47. The maximum atomic E-state index is 12.5. The number of thiazole rings is 1. The van der Waals surface area contributed by atoms with Crippen molar-refractivity contribution in [3.8, 4) is 0 Å². The first-order chi connectivity index (χ1) is 10.4. The van der Waals surface area contributed by atoms with E-state index >= 15 is 0 Å². The van der Waals surface area contributed by atoms with Gasteiger partial charge in [-0.05, 0) is 0 Å². The molecule has 3 heterocycles. The molecule has 0 atom stereocenters. The van der Waals surface area contributed by atoms with Crippen molar-refractivity contribution in [2.24, 2.45) is 0 Å². The Morgan fingerprint density at radius 2 is 2.05 bits per heavy atom. The molecule has 0 saturated carbocycles. The van der Waals surface area contributed by atoms with E-state index in [9.17, 15) is 18.0 Å². The molecule has 0 unspecified atom stereocenters. The standard InChI is InChI=1S/C12H15F3N4O2S/c13-12(14,15)9-7-22-11(17-9)19-5-8(6-19)16-10(20)18-1-3-21-4-2-18/h7-8H,1-6H2,(H,16,20). The smallest absolute Gasteiger partial charge is 0.378 e. The van der Waals surface area contributed by atoms with Crippen LogP contribution in [-0.2, 0) is 10.9 Å². The highest BCUT2D eigenvalue weighted by atomic mass is 32.1. The molecule has 2 amide bonds. The number of aromatic nitrogens is 1. The van der Waals surface area contributed by atoms with Crippen molar-refractivity contribution in [3.05, 3.63) is 11.1 Å². The van der Waals surface area contributed by atoms with Crippen molar-refractivity contribution in [2.75, 3.05) is 44.3 Å². The number of anilines is 1. The zero-order valence-corrected chi connectivity index (χ0v) is 12.4. The molecule has 2 aliphatic heterocycles. The molecule has 22 heavy (non-hydrogen) atoms. The SMILES string of the molecule is O=C(NC1CN(c2nc(C(F)(F)F)cs2)C1)N1CCOCC1. The Bertz CT molecular complexity index is 539. The number of ether oxygens (including phenoxy) is 1. The van der Waals surface area contributed by atoms with E-state index < -0.39 is 11.9 Å². The van der Waals surface area contributed by atoms with Gasteiger partial charge in [0, 0.05) is 31.6 Å². The van der Waals surface area contributed by atoms with E-state index in [4.69, 9.17) is 4.74 Å². The molecule has 1 aromatic heterocycles. The van der Waals surface area contributed by atoms with Gasteiger partial charge >= 0.3 is 12.2 Å². The fraction of sp³-hybridized carbons (Fsp3) is 0.667. The maximum Gasteiger partial charge on any atom is 0.434 e. The normalized spacial score (nSPS) is 20.0. The Morgan fingerprint density at radius 3 is 2.64 bits per heavy atom. The van der Waals surface area contributed by atoms with Gasteiger partial charge in [-0.1, -0.05) is 0 Å². The van der Waals surface area contributed by atoms with E-state index in [-0.39, 0.29) is 12.1 Å². The van der Waals surface area contributed by atoms with E-state index in [0.717, 1.165) is 16.7 Å². The first-order valence-electron chi connectivity index (χ1n) is 6.84. The van der Waals surface area contributed by atoms with Crippen LogP contribution >= 0.6 is 11.3 Å². The second-order valence-electron chi connectivity index (χ2n) is 5.16. The number of nitrogens with zero attached hydrogens (tertiary/aromatic N) is 3. The number of hydrogen-bond donors (Lipinski definition) is 1. The molecular formula is C12H15F3N4O2S. The molecule has 2 fully saturated rings. The zero-order valence-electron chi connectivity index (χ0n) is 11.6.